The first-order valence-corrected chi connectivity index (χ1v) is 37.3. The van der Waals surface area contributed by atoms with Gasteiger partial charge in [-0.05, 0) is 113 Å². The quantitative estimate of drug-likeness (QED) is 0.0770. The molecular formula is C79H104Cl6N18O12S3. The minimum Gasteiger partial charge on any atom is -0.480 e. The molecule has 0 radical (unpaired) electrons. The van der Waals surface area contributed by atoms with Gasteiger partial charge in [0.1, 0.15) is 52.7 Å². The van der Waals surface area contributed by atoms with Gasteiger partial charge in [0, 0.05) is 123 Å². The molecule has 0 aliphatic carbocycles. The van der Waals surface area contributed by atoms with Crippen LogP contribution >= 0.6 is 110 Å². The molecule has 3 aliphatic rings. The predicted octanol–water partition coefficient (Wildman–Crippen LogP) is 17.8. The number of imidazole rings is 3. The molecule has 3 amide bonds. The van der Waals surface area contributed by atoms with E-state index < -0.39 is 35.8 Å². The van der Waals surface area contributed by atoms with Gasteiger partial charge in [-0.15, -0.1) is 0 Å². The average molecular weight is 1830 g/mol. The zero-order chi connectivity index (χ0) is 102. The molecule has 0 saturated heterocycles. The number of amides is 3. The fourth-order valence-electron chi connectivity index (χ4n) is 14.1. The number of hydrogen-bond donors (Lipinski definition) is 0. The number of rotatable bonds is 18. The van der Waals surface area contributed by atoms with Crippen LogP contribution in [0.2, 0.25) is 30.1 Å². The van der Waals surface area contributed by atoms with Crippen molar-refractivity contribution >= 4 is 145 Å². The van der Waals surface area contributed by atoms with Crippen LogP contribution in [-0.4, -0.2) is 133 Å². The van der Waals surface area contributed by atoms with Crippen LogP contribution in [0.15, 0.2) is 143 Å². The first-order valence-electron chi connectivity index (χ1n) is 45.1. The lowest BCUT2D eigenvalue weighted by atomic mass is 10.0. The van der Waals surface area contributed by atoms with Crippen LogP contribution in [0, 0.1) is 0 Å². The summed E-state index contributed by atoms with van der Waals surface area (Å²) in [6.07, 6.45) is 9.14. The number of aryl methyl sites for hydroxylation is 3. The van der Waals surface area contributed by atoms with Gasteiger partial charge in [0.25, 0.3) is 34.4 Å². The lowest BCUT2D eigenvalue weighted by molar-refractivity contribution is 0.0981. The summed E-state index contributed by atoms with van der Waals surface area (Å²) >= 11 is 37.5. The first-order chi connectivity index (χ1) is 64.5. The van der Waals surface area contributed by atoms with E-state index in [2.05, 4.69) is 29.9 Å². The number of benzene rings is 3. The van der Waals surface area contributed by atoms with Crippen LogP contribution in [0.1, 0.15) is 182 Å². The van der Waals surface area contributed by atoms with Gasteiger partial charge in [-0.25, -0.2) is 29.9 Å². The SMILES string of the molecule is C.COc1ncc(-c2nc3c(n2C(C)C)[C@H](c2ccc(Cl)cc2)N(c2cc(Cl)cn(C)c2=O)C3=O)c(OC)n1.COc1ncc(-c2nc3c(n2C(C)C)[C@H](c2ccc(Cl)cc2)N(c2cc(Cl)cn(C)c2=O)C3=O)c(OC)n1.COc1ncc(-c2nc3c(n2C(C)C)[C@H](c2ccc(Cl)cc2)N(c2cc(Cl)cn(C)c2=O)C3=O)c(OC)n1.S.S.S.[2HH].[2H][2H].[2H][2H].[2H][2H].[2H][2H].[2H][2H].[2H][2H].[2H][2H].[2H][2H].[2H][2H].[2H][2H]. The topological polar surface area (TPSA) is 313 Å². The van der Waals surface area contributed by atoms with Gasteiger partial charge in [0.05, 0.1) is 91.5 Å². The lowest BCUT2D eigenvalue weighted by Crippen LogP contribution is -2.36. The third-order valence-corrected chi connectivity index (χ3v) is 20.4. The molecule has 642 valence electrons. The van der Waals surface area contributed by atoms with Gasteiger partial charge >= 0.3 is 18.0 Å². The van der Waals surface area contributed by atoms with E-state index >= 15 is 0 Å². The maximum absolute atomic E-state index is 14.0. The molecule has 3 atom stereocenters. The number of carbonyl (C=O) groups is 3. The molecule has 0 unspecified atom stereocenters. The highest BCUT2D eigenvalue weighted by Crippen LogP contribution is 2.50. The molecule has 3 aliphatic heterocycles. The minimum atomic E-state index is -0.685. The second-order valence-corrected chi connectivity index (χ2v) is 29.6. The molecule has 118 heavy (non-hydrogen) atoms. The second-order valence-electron chi connectivity index (χ2n) is 27.0. The third kappa shape index (κ3) is 16.7. The molecule has 0 N–H and O–H groups in total. The smallest absolute Gasteiger partial charge is 0.319 e. The Hall–Kier alpha value is -10.6. The number of fused-ring (bicyclic) bond motifs is 3. The van der Waals surface area contributed by atoms with Crippen LogP contribution < -0.4 is 59.8 Å². The number of anilines is 3. The Labute approximate surface area is 760 Å². The second kappa shape index (κ2) is 37.1. The van der Waals surface area contributed by atoms with E-state index in [9.17, 15) is 28.8 Å². The van der Waals surface area contributed by atoms with Crippen molar-refractivity contribution < 1.29 is 73.9 Å². The molecule has 39 heteroatoms. The van der Waals surface area contributed by atoms with Crippen molar-refractivity contribution in [2.45, 2.75) is 85.2 Å². The largest absolute Gasteiger partial charge is 0.480 e. The van der Waals surface area contributed by atoms with Crippen molar-refractivity contribution in [2.24, 2.45) is 21.1 Å². The highest BCUT2D eigenvalue weighted by Gasteiger charge is 2.50. The van der Waals surface area contributed by atoms with E-state index in [1.807, 2.05) is 91.6 Å². The summed E-state index contributed by atoms with van der Waals surface area (Å²) < 4.78 is 142. The van der Waals surface area contributed by atoms with Crippen LogP contribution in [-0.2, 0) is 21.1 Å². The molecule has 9 aromatic heterocycles. The van der Waals surface area contributed by atoms with Gasteiger partial charge in [-0.1, -0.05) is 113 Å². The fraction of sp³-hybridized carbons (Fsp3) is 0.278. The average Bonchev–Trinajstić information content (AvgIpc) is 1.57. The van der Waals surface area contributed by atoms with Crippen LogP contribution in [0.5, 0.6) is 35.7 Å². The summed E-state index contributed by atoms with van der Waals surface area (Å²) in [5, 5.41) is 2.59. The molecule has 0 fully saturated rings. The molecular weight excluding hydrogens is 1700 g/mol. The number of pyridine rings is 3. The Morgan fingerprint density at radius 1 is 0.356 bits per heavy atom. The number of hydrogen-bond acceptors (Lipinski definition) is 21. The van der Waals surface area contributed by atoms with Crippen molar-refractivity contribution in [3.05, 3.63) is 240 Å². The third-order valence-electron chi connectivity index (χ3n) is 19.0. The summed E-state index contributed by atoms with van der Waals surface area (Å²) in [5.74, 6) is 0.798. The summed E-state index contributed by atoms with van der Waals surface area (Å²) in [7, 11) is 13.6. The summed E-state index contributed by atoms with van der Waals surface area (Å²) in [5.41, 5.74) is 5.48. The van der Waals surface area contributed by atoms with Crippen LogP contribution in [0.4, 0.5) is 17.1 Å². The van der Waals surface area contributed by atoms with E-state index in [1.165, 1.54) is 108 Å². The highest BCUT2D eigenvalue weighted by atomic mass is 35.5. The van der Waals surface area contributed by atoms with Gasteiger partial charge in [0.2, 0.25) is 17.6 Å². The number of ether oxygens (including phenoxy) is 6. The van der Waals surface area contributed by atoms with Crippen molar-refractivity contribution in [3.63, 3.8) is 0 Å². The summed E-state index contributed by atoms with van der Waals surface area (Å²) in [6, 6.07) is 23.8. The Morgan fingerprint density at radius 3 is 0.788 bits per heavy atom. The zero-order valence-corrected chi connectivity index (χ0v) is 72.8. The monoisotopic (exact) mass is 1820 g/mol. The molecule has 0 bridgehead atoms. The predicted molar refractivity (Wildman–Crippen MR) is 492 cm³/mol. The molecule has 0 saturated carbocycles. The maximum atomic E-state index is 14.0. The molecule has 15 rings (SSSR count). The lowest BCUT2D eigenvalue weighted by Gasteiger charge is -2.28. The van der Waals surface area contributed by atoms with Gasteiger partial charge in [-0.2, -0.15) is 55.4 Å². The summed E-state index contributed by atoms with van der Waals surface area (Å²) in [6.45, 7) is 11.9. The Kier molecular flexibility index (Phi) is 24.3. The molecule has 0 spiro atoms. The first kappa shape index (κ1) is 77.3. The number of methoxy groups -OCH3 is 6. The molecule has 12 aromatic rings. The Morgan fingerprint density at radius 2 is 0.585 bits per heavy atom. The number of nitrogens with zero attached hydrogens (tertiary/aromatic N) is 18. The number of carbonyl (C=O) groups excluding carboxylic acids is 3. The van der Waals surface area contributed by atoms with Crippen molar-refractivity contribution in [1.82, 2.24) is 72.3 Å². The van der Waals surface area contributed by atoms with E-state index in [4.69, 9.17) is 143 Å². The molecule has 12 heterocycles. The Balaban J connectivity index is -0.00000180. The van der Waals surface area contributed by atoms with E-state index in [0.717, 1.165) is 16.7 Å². The van der Waals surface area contributed by atoms with Crippen molar-refractivity contribution in [3.8, 4) is 69.8 Å². The van der Waals surface area contributed by atoms with Crippen molar-refractivity contribution in [1.29, 1.82) is 0 Å². The van der Waals surface area contributed by atoms with Crippen molar-refractivity contribution in [2.75, 3.05) is 57.4 Å². The standard InChI is InChI=1S/3C26H24Cl2N6O4.CH4.3H2S.11H2/c3*1-13(2)33-21-19(30-22(33)17-11-29-26(38-5)31-23(17)37-4)25(36)34(18-10-16(28)12-32(3)24(18)35)20(21)14-6-8-15(27)9-7-14;;;;;;;;;;;;;;;/h3*6-13,20H,1-5H3;1H4;3*1H2;11*1H/t3*20-;;;;;;;;;;;;;;;/m000.............../s1/i;;;;;;;10*1+1D;1+1. The zero-order valence-electron chi connectivity index (χ0n) is 85.3. The van der Waals surface area contributed by atoms with Gasteiger partial charge < -0.3 is 55.8 Å². The minimum absolute atomic E-state index is 0. The number of aromatic nitrogens is 15. The van der Waals surface area contributed by atoms with Crippen LogP contribution in [0.25, 0.3) is 34.2 Å². The molecule has 30 nitrogen and oxygen atoms in total. The molecule has 3 aromatic carbocycles. The fourth-order valence-corrected chi connectivity index (χ4v) is 15.3. The Bertz CT molecular complexity index is 5520. The highest BCUT2D eigenvalue weighted by molar-refractivity contribution is 7.59. The van der Waals surface area contributed by atoms with E-state index in [1.54, 1.807) is 76.1 Å². The normalized spacial score (nSPS) is 15.0. The van der Waals surface area contributed by atoms with Gasteiger partial charge in [0.15, 0.2) is 17.1 Å². The van der Waals surface area contributed by atoms with Crippen LogP contribution in [0.3, 0.4) is 0 Å². The van der Waals surface area contributed by atoms with E-state index in [-0.39, 0.29) is 154 Å². The maximum Gasteiger partial charge on any atom is 0.319 e. The van der Waals surface area contributed by atoms with Gasteiger partial charge in [-0.3, -0.25) is 43.5 Å². The van der Waals surface area contributed by atoms with E-state index in [0.29, 0.717) is 81.4 Å². The number of halogens is 6. The summed E-state index contributed by atoms with van der Waals surface area (Å²) in [4.78, 5) is 126.